The summed E-state index contributed by atoms with van der Waals surface area (Å²) in [6.07, 6.45) is 1.15. The molecule has 1 aliphatic heterocycles. The smallest absolute Gasteiger partial charge is 0.118 e. The Hall–Kier alpha value is -2.42. The van der Waals surface area contributed by atoms with Crippen molar-refractivity contribution in [3.63, 3.8) is 0 Å². The lowest BCUT2D eigenvalue weighted by Gasteiger charge is -2.22. The Morgan fingerprint density at radius 2 is 1.96 bits per heavy atom. The number of nitrogens with zero attached hydrogens (tertiary/aromatic N) is 1. The molecule has 0 bridgehead atoms. The maximum Gasteiger partial charge on any atom is 0.118 e. The molecular formula is C20H24N2O. The molecule has 3 heteroatoms. The zero-order valence-electron chi connectivity index (χ0n) is 13.9. The second kappa shape index (κ2) is 6.37. The molecule has 0 aromatic heterocycles. The van der Waals surface area contributed by atoms with Crippen LogP contribution >= 0.6 is 0 Å². The topological polar surface area (TPSA) is 38.5 Å². The summed E-state index contributed by atoms with van der Waals surface area (Å²) in [5.74, 6) is 1.45. The summed E-state index contributed by atoms with van der Waals surface area (Å²) in [6.45, 7) is 8.34. The molecular weight excluding hydrogens is 284 g/mol. The summed E-state index contributed by atoms with van der Waals surface area (Å²) in [5.41, 5.74) is 11.5. The fourth-order valence-electron chi connectivity index (χ4n) is 3.16. The van der Waals surface area contributed by atoms with E-state index in [2.05, 4.69) is 35.7 Å². The van der Waals surface area contributed by atoms with Crippen molar-refractivity contribution in [2.75, 3.05) is 25.9 Å². The zero-order valence-corrected chi connectivity index (χ0v) is 13.9. The van der Waals surface area contributed by atoms with E-state index in [0.717, 1.165) is 47.8 Å². The molecule has 2 N–H and O–H groups in total. The number of anilines is 1. The highest BCUT2D eigenvalue weighted by Crippen LogP contribution is 2.33. The van der Waals surface area contributed by atoms with Gasteiger partial charge >= 0.3 is 0 Å². The van der Waals surface area contributed by atoms with Crippen LogP contribution in [0, 0.1) is 6.92 Å². The van der Waals surface area contributed by atoms with Crippen molar-refractivity contribution >= 4 is 11.4 Å². The number of hydrogen-bond acceptors (Lipinski definition) is 3. The van der Waals surface area contributed by atoms with Crippen molar-refractivity contribution in [2.24, 2.45) is 0 Å². The second-order valence-corrected chi connectivity index (χ2v) is 6.22. The van der Waals surface area contributed by atoms with Crippen LogP contribution in [-0.2, 0) is 0 Å². The largest absolute Gasteiger partial charge is 0.497 e. The first-order valence-electron chi connectivity index (χ1n) is 8.03. The van der Waals surface area contributed by atoms with Gasteiger partial charge in [-0.05, 0) is 48.2 Å². The lowest BCUT2D eigenvalue weighted by atomic mass is 9.98. The van der Waals surface area contributed by atoms with Crippen molar-refractivity contribution in [1.82, 2.24) is 4.90 Å². The number of likely N-dealkylation sites (tertiary alicyclic amines) is 1. The Balaban J connectivity index is 1.70. The van der Waals surface area contributed by atoms with E-state index in [-0.39, 0.29) is 0 Å². The Bertz CT molecular complexity index is 706. The summed E-state index contributed by atoms with van der Waals surface area (Å²) >= 11 is 0. The van der Waals surface area contributed by atoms with Crippen LogP contribution in [0.3, 0.4) is 0 Å². The van der Waals surface area contributed by atoms with Gasteiger partial charge in [-0.15, -0.1) is 0 Å². The Morgan fingerprint density at radius 1 is 1.22 bits per heavy atom. The molecule has 0 amide bonds. The maximum absolute atomic E-state index is 6.03. The fraction of sp³-hybridized carbons (Fsp3) is 0.300. The SMILES string of the molecule is C=C(c1ccc(C)c(N)c1)N1CCC(c2ccc(OC)cc2)C1. The second-order valence-electron chi connectivity index (χ2n) is 6.22. The van der Waals surface area contributed by atoms with Crippen LogP contribution in [0.2, 0.25) is 0 Å². The Morgan fingerprint density at radius 3 is 2.61 bits per heavy atom. The molecule has 2 aromatic carbocycles. The number of aryl methyl sites for hydroxylation is 1. The molecule has 0 radical (unpaired) electrons. The molecule has 3 rings (SSSR count). The van der Waals surface area contributed by atoms with Gasteiger partial charge in [-0.3, -0.25) is 0 Å². The van der Waals surface area contributed by atoms with Crippen LogP contribution in [0.4, 0.5) is 5.69 Å². The average Bonchev–Trinajstić information content (AvgIpc) is 3.07. The minimum absolute atomic E-state index is 0.542. The van der Waals surface area contributed by atoms with E-state index in [1.165, 1.54) is 5.56 Å². The summed E-state index contributed by atoms with van der Waals surface area (Å²) < 4.78 is 5.23. The van der Waals surface area contributed by atoms with E-state index >= 15 is 0 Å². The summed E-state index contributed by atoms with van der Waals surface area (Å²) in [5, 5.41) is 0. The van der Waals surface area contributed by atoms with Crippen molar-refractivity contribution in [2.45, 2.75) is 19.3 Å². The number of methoxy groups -OCH3 is 1. The normalized spacial score (nSPS) is 17.3. The van der Waals surface area contributed by atoms with Gasteiger partial charge in [-0.1, -0.05) is 30.8 Å². The molecule has 0 spiro atoms. The quantitative estimate of drug-likeness (QED) is 0.866. The number of rotatable bonds is 4. The van der Waals surface area contributed by atoms with E-state index in [0.29, 0.717) is 5.92 Å². The molecule has 0 saturated carbocycles. The summed E-state index contributed by atoms with van der Waals surface area (Å²) in [6, 6.07) is 14.6. The molecule has 120 valence electrons. The van der Waals surface area contributed by atoms with Gasteiger partial charge in [-0.2, -0.15) is 0 Å². The first kappa shape index (κ1) is 15.5. The van der Waals surface area contributed by atoms with Crippen molar-refractivity contribution < 1.29 is 4.74 Å². The number of benzene rings is 2. The molecule has 3 nitrogen and oxygen atoms in total. The average molecular weight is 308 g/mol. The minimum Gasteiger partial charge on any atom is -0.497 e. The molecule has 1 aliphatic rings. The van der Waals surface area contributed by atoms with E-state index in [1.807, 2.05) is 25.1 Å². The highest BCUT2D eigenvalue weighted by molar-refractivity contribution is 5.67. The van der Waals surface area contributed by atoms with Crippen LogP contribution in [0.25, 0.3) is 5.70 Å². The first-order chi connectivity index (χ1) is 11.1. The van der Waals surface area contributed by atoms with Gasteiger partial charge in [0.05, 0.1) is 7.11 Å². The number of nitrogen functional groups attached to an aromatic ring is 1. The number of ether oxygens (including phenoxy) is 1. The predicted molar refractivity (Wildman–Crippen MR) is 96.6 cm³/mol. The predicted octanol–water partition coefficient (Wildman–Crippen LogP) is 4.05. The van der Waals surface area contributed by atoms with E-state index in [9.17, 15) is 0 Å². The third-order valence-corrected chi connectivity index (χ3v) is 4.77. The van der Waals surface area contributed by atoms with Gasteiger partial charge in [0.25, 0.3) is 0 Å². The van der Waals surface area contributed by atoms with Crippen LogP contribution in [0.15, 0.2) is 49.0 Å². The van der Waals surface area contributed by atoms with Crippen molar-refractivity contribution in [3.8, 4) is 5.75 Å². The maximum atomic E-state index is 6.03. The van der Waals surface area contributed by atoms with Crippen LogP contribution in [-0.4, -0.2) is 25.1 Å². The molecule has 23 heavy (non-hydrogen) atoms. The van der Waals surface area contributed by atoms with Gasteiger partial charge in [0.1, 0.15) is 5.75 Å². The van der Waals surface area contributed by atoms with Crippen LogP contribution in [0.1, 0.15) is 29.0 Å². The zero-order chi connectivity index (χ0) is 16.4. The molecule has 1 atom stereocenters. The molecule has 0 aliphatic carbocycles. The fourth-order valence-corrected chi connectivity index (χ4v) is 3.16. The van der Waals surface area contributed by atoms with Gasteiger partial charge in [-0.25, -0.2) is 0 Å². The number of hydrogen-bond donors (Lipinski definition) is 1. The van der Waals surface area contributed by atoms with E-state index < -0.39 is 0 Å². The van der Waals surface area contributed by atoms with Gasteiger partial charge in [0, 0.05) is 30.4 Å². The first-order valence-corrected chi connectivity index (χ1v) is 8.03. The van der Waals surface area contributed by atoms with Crippen LogP contribution < -0.4 is 10.5 Å². The highest BCUT2D eigenvalue weighted by Gasteiger charge is 2.25. The molecule has 1 unspecified atom stereocenters. The standard InChI is InChI=1S/C20H24N2O/c1-14-4-5-17(12-20(14)21)15(2)22-11-10-18(13-22)16-6-8-19(23-3)9-7-16/h4-9,12,18H,2,10-11,13,21H2,1,3H3. The monoisotopic (exact) mass is 308 g/mol. The lowest BCUT2D eigenvalue weighted by molar-refractivity contribution is 0.414. The van der Waals surface area contributed by atoms with Crippen molar-refractivity contribution in [1.29, 1.82) is 0 Å². The molecule has 1 heterocycles. The Labute approximate surface area is 138 Å². The minimum atomic E-state index is 0.542. The lowest BCUT2D eigenvalue weighted by Crippen LogP contribution is -2.18. The summed E-state index contributed by atoms with van der Waals surface area (Å²) in [4.78, 5) is 2.36. The highest BCUT2D eigenvalue weighted by atomic mass is 16.5. The third-order valence-electron chi connectivity index (χ3n) is 4.77. The van der Waals surface area contributed by atoms with Gasteiger partial charge in [0.2, 0.25) is 0 Å². The molecule has 2 aromatic rings. The van der Waals surface area contributed by atoms with Gasteiger partial charge in [0.15, 0.2) is 0 Å². The summed E-state index contributed by atoms with van der Waals surface area (Å²) in [7, 11) is 1.70. The Kier molecular flexibility index (Phi) is 4.28. The molecule has 1 saturated heterocycles. The third kappa shape index (κ3) is 3.19. The van der Waals surface area contributed by atoms with Crippen LogP contribution in [0.5, 0.6) is 5.75 Å². The number of nitrogens with two attached hydrogens (primary N) is 1. The van der Waals surface area contributed by atoms with E-state index in [4.69, 9.17) is 10.5 Å². The van der Waals surface area contributed by atoms with E-state index in [1.54, 1.807) is 7.11 Å². The van der Waals surface area contributed by atoms with Crippen molar-refractivity contribution in [3.05, 3.63) is 65.7 Å². The molecule has 1 fully saturated rings. The van der Waals surface area contributed by atoms with Gasteiger partial charge < -0.3 is 15.4 Å².